The Morgan fingerprint density at radius 3 is 2.57 bits per heavy atom. The summed E-state index contributed by atoms with van der Waals surface area (Å²) in [4.78, 5) is 14.7. The van der Waals surface area contributed by atoms with Crippen LogP contribution in [-0.4, -0.2) is 12.1 Å². The number of nitrogens with zero attached hydrogens (tertiary/aromatic N) is 1. The summed E-state index contributed by atoms with van der Waals surface area (Å²) in [5.41, 5.74) is 2.29. The van der Waals surface area contributed by atoms with Crippen molar-refractivity contribution in [2.24, 2.45) is 0 Å². The van der Waals surface area contributed by atoms with Gasteiger partial charge in [0.05, 0.1) is 7.11 Å². The van der Waals surface area contributed by atoms with Gasteiger partial charge in [-0.25, -0.2) is 0 Å². The summed E-state index contributed by atoms with van der Waals surface area (Å²) in [6, 6.07) is 14.1. The highest BCUT2D eigenvalue weighted by Gasteiger charge is 2.14. The highest BCUT2D eigenvalue weighted by atomic mass is 35.5. The summed E-state index contributed by atoms with van der Waals surface area (Å²) in [5.74, 6) is 0.988. The lowest BCUT2D eigenvalue weighted by atomic mass is 10.0. The number of rotatable bonds is 5. The van der Waals surface area contributed by atoms with Crippen LogP contribution in [0.3, 0.4) is 0 Å². The van der Waals surface area contributed by atoms with Crippen LogP contribution in [0.1, 0.15) is 16.8 Å². The highest BCUT2D eigenvalue weighted by molar-refractivity contribution is 6.35. The smallest absolute Gasteiger partial charge is 0.266 e. The van der Waals surface area contributed by atoms with Crippen LogP contribution < -0.4 is 15.0 Å². The van der Waals surface area contributed by atoms with Crippen molar-refractivity contribution in [3.63, 3.8) is 0 Å². The van der Waals surface area contributed by atoms with Gasteiger partial charge in [-0.1, -0.05) is 35.3 Å². The van der Waals surface area contributed by atoms with Gasteiger partial charge in [-0.2, -0.15) is 5.26 Å². The fraction of sp³-hybridized carbons (Fsp3) is 0.143. The number of hydrogen-bond acceptors (Lipinski definition) is 4. The van der Waals surface area contributed by atoms with Crippen LogP contribution in [0.15, 0.2) is 47.3 Å². The maximum Gasteiger partial charge on any atom is 0.266 e. The minimum Gasteiger partial charge on any atom is -0.493 e. The molecule has 3 rings (SSSR count). The predicted octanol–water partition coefficient (Wildman–Crippen LogP) is 5.12. The second kappa shape index (κ2) is 8.39. The topological polar surface area (TPSA) is 75.1 Å². The Kier molecular flexibility index (Phi) is 5.93. The number of aromatic amines is 1. The monoisotopic (exact) mass is 414 g/mol. The Balaban J connectivity index is 1.93. The van der Waals surface area contributed by atoms with Crippen molar-refractivity contribution in [1.29, 1.82) is 5.26 Å². The first-order chi connectivity index (χ1) is 13.4. The van der Waals surface area contributed by atoms with Crippen molar-refractivity contribution < 1.29 is 9.47 Å². The molecular weight excluding hydrogens is 399 g/mol. The van der Waals surface area contributed by atoms with Crippen molar-refractivity contribution >= 4 is 23.2 Å². The maximum absolute atomic E-state index is 12.0. The summed E-state index contributed by atoms with van der Waals surface area (Å²) < 4.78 is 11.3. The van der Waals surface area contributed by atoms with E-state index in [0.717, 1.165) is 5.56 Å². The van der Waals surface area contributed by atoms with Crippen molar-refractivity contribution in [2.75, 3.05) is 7.11 Å². The average Bonchev–Trinajstić information content (AvgIpc) is 2.66. The molecule has 0 atom stereocenters. The summed E-state index contributed by atoms with van der Waals surface area (Å²) in [7, 11) is 1.52. The van der Waals surface area contributed by atoms with Gasteiger partial charge in [0.2, 0.25) is 0 Å². The molecule has 142 valence electrons. The van der Waals surface area contributed by atoms with Crippen molar-refractivity contribution in [3.05, 3.63) is 79.7 Å². The fourth-order valence-corrected chi connectivity index (χ4v) is 3.24. The van der Waals surface area contributed by atoms with Gasteiger partial charge in [0, 0.05) is 26.9 Å². The van der Waals surface area contributed by atoms with Crippen molar-refractivity contribution in [1.82, 2.24) is 4.98 Å². The van der Waals surface area contributed by atoms with E-state index in [-0.39, 0.29) is 12.2 Å². The van der Waals surface area contributed by atoms with Crippen molar-refractivity contribution in [2.45, 2.75) is 13.5 Å². The van der Waals surface area contributed by atoms with Crippen LogP contribution in [-0.2, 0) is 6.61 Å². The van der Waals surface area contributed by atoms with Crippen LogP contribution >= 0.6 is 23.2 Å². The molecule has 1 N–H and O–H groups in total. The van der Waals surface area contributed by atoms with Gasteiger partial charge in [-0.05, 0) is 42.8 Å². The number of ether oxygens (including phenoxy) is 2. The molecular formula is C21H16Cl2N2O3. The summed E-state index contributed by atoms with van der Waals surface area (Å²) >= 11 is 12.1. The number of nitriles is 1. The van der Waals surface area contributed by atoms with Crippen LogP contribution in [0.2, 0.25) is 10.0 Å². The van der Waals surface area contributed by atoms with E-state index in [4.69, 9.17) is 32.7 Å². The number of benzene rings is 2. The van der Waals surface area contributed by atoms with Gasteiger partial charge >= 0.3 is 0 Å². The molecule has 3 aromatic rings. The number of nitrogens with one attached hydrogen (secondary N) is 1. The lowest BCUT2D eigenvalue weighted by Crippen LogP contribution is -2.12. The molecule has 28 heavy (non-hydrogen) atoms. The molecule has 1 heterocycles. The number of halogens is 2. The van der Waals surface area contributed by atoms with Crippen LogP contribution in [0, 0.1) is 18.3 Å². The van der Waals surface area contributed by atoms with Crippen LogP contribution in [0.4, 0.5) is 0 Å². The molecule has 0 saturated carbocycles. The number of aryl methyl sites for hydroxylation is 1. The molecule has 0 radical (unpaired) electrons. The van der Waals surface area contributed by atoms with E-state index in [9.17, 15) is 10.1 Å². The molecule has 0 aliphatic rings. The quantitative estimate of drug-likeness (QED) is 0.628. The van der Waals surface area contributed by atoms with Gasteiger partial charge < -0.3 is 14.5 Å². The molecule has 0 aliphatic carbocycles. The number of pyridine rings is 1. The van der Waals surface area contributed by atoms with E-state index in [1.807, 2.05) is 6.07 Å². The first-order valence-corrected chi connectivity index (χ1v) is 9.07. The molecule has 0 saturated heterocycles. The molecule has 5 nitrogen and oxygen atoms in total. The van der Waals surface area contributed by atoms with Gasteiger partial charge in [-0.3, -0.25) is 4.79 Å². The van der Waals surface area contributed by atoms with Gasteiger partial charge in [0.1, 0.15) is 18.2 Å². The molecule has 0 amide bonds. The average molecular weight is 415 g/mol. The van der Waals surface area contributed by atoms with E-state index in [1.165, 1.54) is 7.11 Å². The van der Waals surface area contributed by atoms with E-state index < -0.39 is 5.56 Å². The van der Waals surface area contributed by atoms with E-state index >= 15 is 0 Å². The Morgan fingerprint density at radius 2 is 1.89 bits per heavy atom. The first-order valence-electron chi connectivity index (χ1n) is 8.32. The number of aromatic nitrogens is 1. The van der Waals surface area contributed by atoms with Gasteiger partial charge in [-0.15, -0.1) is 0 Å². The Hall–Kier alpha value is -2.94. The largest absolute Gasteiger partial charge is 0.493 e. The zero-order valence-electron chi connectivity index (χ0n) is 15.2. The van der Waals surface area contributed by atoms with Crippen LogP contribution in [0.5, 0.6) is 11.5 Å². The third-order valence-electron chi connectivity index (χ3n) is 4.15. The van der Waals surface area contributed by atoms with E-state index in [1.54, 1.807) is 49.4 Å². The molecule has 0 bridgehead atoms. The zero-order valence-corrected chi connectivity index (χ0v) is 16.7. The third kappa shape index (κ3) is 4.14. The molecule has 0 aliphatic heterocycles. The minimum absolute atomic E-state index is 0.0502. The number of hydrogen-bond donors (Lipinski definition) is 1. The van der Waals surface area contributed by atoms with Crippen molar-refractivity contribution in [3.8, 4) is 28.7 Å². The normalized spacial score (nSPS) is 10.4. The number of methoxy groups -OCH3 is 1. The van der Waals surface area contributed by atoms with Crippen LogP contribution in [0.25, 0.3) is 11.1 Å². The highest BCUT2D eigenvalue weighted by Crippen LogP contribution is 2.34. The fourth-order valence-electron chi connectivity index (χ4n) is 2.78. The Bertz CT molecular complexity index is 1130. The molecule has 1 aromatic heterocycles. The SMILES string of the molecule is COc1cc(-c2cc(C)[nH]c(=O)c2C#N)ccc1OCc1ccc(Cl)cc1Cl. The molecule has 7 heteroatoms. The second-order valence-corrected chi connectivity index (χ2v) is 6.92. The molecule has 0 unspecified atom stereocenters. The van der Waals surface area contributed by atoms with E-state index in [0.29, 0.717) is 38.4 Å². The predicted molar refractivity (Wildman–Crippen MR) is 109 cm³/mol. The first kappa shape index (κ1) is 19.8. The Morgan fingerprint density at radius 1 is 1.11 bits per heavy atom. The van der Waals surface area contributed by atoms with Gasteiger partial charge in [0.25, 0.3) is 5.56 Å². The standard InChI is InChI=1S/C21H16Cl2N2O3/c1-12-7-16(17(10-24)21(26)25-12)13-4-6-19(20(8-13)27-2)28-11-14-3-5-15(22)9-18(14)23/h3-9H,11H2,1-2H3,(H,25,26). The minimum atomic E-state index is -0.422. The maximum atomic E-state index is 12.0. The molecule has 0 spiro atoms. The second-order valence-electron chi connectivity index (χ2n) is 6.07. The lowest BCUT2D eigenvalue weighted by Gasteiger charge is -2.14. The third-order valence-corrected chi connectivity index (χ3v) is 4.74. The summed E-state index contributed by atoms with van der Waals surface area (Å²) in [6.45, 7) is 2.00. The zero-order chi connectivity index (χ0) is 20.3. The summed E-state index contributed by atoms with van der Waals surface area (Å²) in [6.07, 6.45) is 0. The van der Waals surface area contributed by atoms with E-state index in [2.05, 4.69) is 4.98 Å². The van der Waals surface area contributed by atoms with Gasteiger partial charge in [0.15, 0.2) is 11.5 Å². The number of H-pyrrole nitrogens is 1. The lowest BCUT2D eigenvalue weighted by molar-refractivity contribution is 0.284. The summed E-state index contributed by atoms with van der Waals surface area (Å²) in [5, 5.41) is 10.4. The molecule has 2 aromatic carbocycles. The molecule has 0 fully saturated rings. The Labute approximate surface area is 172 Å².